The summed E-state index contributed by atoms with van der Waals surface area (Å²) in [5.74, 6) is -1.21. The fourth-order valence-electron chi connectivity index (χ4n) is 7.20. The topological polar surface area (TPSA) is 256 Å². The molecular formula is C43H82O16P2. The Morgan fingerprint density at radius 3 is 1.34 bits per heavy atom. The lowest BCUT2D eigenvalue weighted by molar-refractivity contribution is -0.216. The Bertz CT molecular complexity index is 1250. The average molecular weight is 917 g/mol. The maximum absolute atomic E-state index is 13.0. The number of esters is 2. The van der Waals surface area contributed by atoms with E-state index in [9.17, 15) is 44.0 Å². The lowest BCUT2D eigenvalue weighted by Crippen LogP contribution is -2.64. The van der Waals surface area contributed by atoms with Crippen LogP contribution in [-0.2, 0) is 41.8 Å². The van der Waals surface area contributed by atoms with E-state index in [0.29, 0.717) is 12.8 Å². The molecule has 0 aromatic heterocycles. The Kier molecular flexibility index (Phi) is 33.2. The van der Waals surface area contributed by atoms with Crippen LogP contribution < -0.4 is 0 Å². The molecule has 1 aliphatic carbocycles. The van der Waals surface area contributed by atoms with Crippen molar-refractivity contribution in [2.24, 2.45) is 0 Å². The van der Waals surface area contributed by atoms with Crippen molar-refractivity contribution in [2.45, 2.75) is 236 Å². The Morgan fingerprint density at radius 1 is 0.508 bits per heavy atom. The summed E-state index contributed by atoms with van der Waals surface area (Å²) in [4.78, 5) is 54.2. The van der Waals surface area contributed by atoms with E-state index in [0.717, 1.165) is 64.2 Å². The smallest absolute Gasteiger partial charge is 0.462 e. The molecule has 0 heterocycles. The molecule has 0 bridgehead atoms. The molecule has 1 fully saturated rings. The molecule has 0 aromatic carbocycles. The molecule has 360 valence electrons. The van der Waals surface area contributed by atoms with E-state index in [1.54, 1.807) is 0 Å². The molecule has 0 aliphatic heterocycles. The van der Waals surface area contributed by atoms with Gasteiger partial charge in [-0.2, -0.15) is 0 Å². The van der Waals surface area contributed by atoms with Crippen molar-refractivity contribution in [3.05, 3.63) is 12.2 Å². The predicted octanol–water partition coefficient (Wildman–Crippen LogP) is 8.40. The molecule has 0 saturated heterocycles. The second-order valence-electron chi connectivity index (χ2n) is 16.5. The van der Waals surface area contributed by atoms with Crippen LogP contribution in [-0.4, -0.2) is 103 Å². The number of carbonyl (C=O) groups excluding carboxylic acids is 2. The maximum atomic E-state index is 13.0. The van der Waals surface area contributed by atoms with Gasteiger partial charge < -0.3 is 44.6 Å². The van der Waals surface area contributed by atoms with Crippen molar-refractivity contribution >= 4 is 27.6 Å². The molecule has 0 aromatic rings. The fraction of sp³-hybridized carbons (Fsp3) is 0.907. The second kappa shape index (κ2) is 35.1. The quantitative estimate of drug-likeness (QED) is 0.0132. The van der Waals surface area contributed by atoms with Gasteiger partial charge in [0.05, 0.1) is 6.61 Å². The second-order valence-corrected chi connectivity index (χ2v) is 19.1. The van der Waals surface area contributed by atoms with E-state index in [1.165, 1.54) is 89.9 Å². The number of carbonyl (C=O) groups is 2. The van der Waals surface area contributed by atoms with Gasteiger partial charge in [-0.05, 0) is 38.5 Å². The lowest BCUT2D eigenvalue weighted by atomic mass is 9.85. The van der Waals surface area contributed by atoms with Gasteiger partial charge in [-0.15, -0.1) is 0 Å². The van der Waals surface area contributed by atoms with Crippen molar-refractivity contribution in [1.82, 2.24) is 0 Å². The highest BCUT2D eigenvalue weighted by atomic mass is 31.2. The van der Waals surface area contributed by atoms with Crippen LogP contribution >= 0.6 is 15.6 Å². The molecule has 0 spiro atoms. The Balaban J connectivity index is 2.60. The zero-order valence-corrected chi connectivity index (χ0v) is 38.9. The minimum absolute atomic E-state index is 0.0477. The summed E-state index contributed by atoms with van der Waals surface area (Å²) in [6.45, 7) is 3.10. The predicted molar refractivity (Wildman–Crippen MR) is 232 cm³/mol. The Morgan fingerprint density at radius 2 is 0.902 bits per heavy atom. The summed E-state index contributed by atoms with van der Waals surface area (Å²) in [5.41, 5.74) is 0. The Labute approximate surface area is 365 Å². The normalized spacial score (nSPS) is 22.3. The van der Waals surface area contributed by atoms with Gasteiger partial charge in [-0.3, -0.25) is 23.2 Å². The number of allylic oxidation sites excluding steroid dienone is 2. The standard InChI is InChI=1S/C43H82O16P2/c1-3-5-7-9-11-13-15-17-18-20-21-23-25-27-29-31-36(44)55-33-35(57-37(45)32-30-28-26-24-22-19-16-14-12-10-8-6-4-2)34-56-61(53,54)59-43-40(48)38(46)39(47)42(41(43)49)58-60(50,51)52/h17-18,35,38-43,46-49H,3-16,19-34H2,1-2H3,(H,53,54)(H2,50,51,52)/b18-17-/t35-,38?,39?,40?,41?,42-,43+/m1/s1. The zero-order valence-electron chi connectivity index (χ0n) is 37.1. The molecular weight excluding hydrogens is 834 g/mol. The van der Waals surface area contributed by atoms with E-state index < -0.39 is 83.5 Å². The van der Waals surface area contributed by atoms with Crippen molar-refractivity contribution in [3.8, 4) is 0 Å². The van der Waals surface area contributed by atoms with Crippen LogP contribution in [0.2, 0.25) is 0 Å². The number of unbranched alkanes of at least 4 members (excludes halogenated alkanes) is 23. The van der Waals surface area contributed by atoms with Crippen LogP contribution in [0.3, 0.4) is 0 Å². The zero-order chi connectivity index (χ0) is 45.4. The molecule has 16 nitrogen and oxygen atoms in total. The van der Waals surface area contributed by atoms with Crippen molar-refractivity contribution < 1.29 is 76.9 Å². The van der Waals surface area contributed by atoms with Gasteiger partial charge in [-0.25, -0.2) is 9.13 Å². The average Bonchev–Trinajstić information content (AvgIpc) is 3.21. The summed E-state index contributed by atoms with van der Waals surface area (Å²) in [6, 6.07) is 0. The summed E-state index contributed by atoms with van der Waals surface area (Å²) < 4.78 is 49.3. The largest absolute Gasteiger partial charge is 0.472 e. The van der Waals surface area contributed by atoms with Gasteiger partial charge in [-0.1, -0.05) is 154 Å². The van der Waals surface area contributed by atoms with E-state index >= 15 is 0 Å². The van der Waals surface area contributed by atoms with Gasteiger partial charge in [0, 0.05) is 12.8 Å². The number of aliphatic hydroxyl groups excluding tert-OH is 4. The molecule has 0 radical (unpaired) electrons. The molecule has 7 N–H and O–H groups in total. The first-order valence-electron chi connectivity index (χ1n) is 23.2. The van der Waals surface area contributed by atoms with E-state index in [1.807, 2.05) is 0 Å². The van der Waals surface area contributed by atoms with Gasteiger partial charge in [0.1, 0.15) is 43.2 Å². The SMILES string of the molecule is CCCCCCCC/C=C\CCCCCCCC(=O)OC[C@H](COP(=O)(O)O[C@H]1C(O)C(O)C(O)[C@@H](OP(=O)(O)O)C1O)OC(=O)CCCCCCCCCCCCCCC. The molecule has 5 unspecified atom stereocenters. The molecule has 1 saturated carbocycles. The third-order valence-corrected chi connectivity index (χ3v) is 12.3. The van der Waals surface area contributed by atoms with Crippen LogP contribution in [0.5, 0.6) is 0 Å². The minimum Gasteiger partial charge on any atom is -0.462 e. The van der Waals surface area contributed by atoms with Crippen LogP contribution in [0.4, 0.5) is 0 Å². The molecule has 8 atom stereocenters. The highest BCUT2D eigenvalue weighted by molar-refractivity contribution is 7.47. The van der Waals surface area contributed by atoms with Gasteiger partial charge in [0.25, 0.3) is 0 Å². The summed E-state index contributed by atoms with van der Waals surface area (Å²) >= 11 is 0. The van der Waals surface area contributed by atoms with Crippen molar-refractivity contribution in [2.75, 3.05) is 13.2 Å². The van der Waals surface area contributed by atoms with Gasteiger partial charge in [0.15, 0.2) is 6.10 Å². The van der Waals surface area contributed by atoms with Crippen LogP contribution in [0.1, 0.15) is 194 Å². The van der Waals surface area contributed by atoms with Crippen molar-refractivity contribution in [1.29, 1.82) is 0 Å². The first-order chi connectivity index (χ1) is 29.1. The number of ether oxygens (including phenoxy) is 2. The number of rotatable bonds is 39. The molecule has 0 amide bonds. The summed E-state index contributed by atoms with van der Waals surface area (Å²) in [6.07, 6.45) is 18.9. The van der Waals surface area contributed by atoms with Crippen LogP contribution in [0.25, 0.3) is 0 Å². The van der Waals surface area contributed by atoms with Crippen LogP contribution in [0.15, 0.2) is 12.2 Å². The van der Waals surface area contributed by atoms with E-state index in [4.69, 9.17) is 28.3 Å². The number of phosphoric acid groups is 2. The van der Waals surface area contributed by atoms with E-state index in [-0.39, 0.29) is 12.8 Å². The monoisotopic (exact) mass is 917 g/mol. The highest BCUT2D eigenvalue weighted by Gasteiger charge is 2.54. The molecule has 18 heteroatoms. The number of aliphatic hydroxyl groups is 4. The van der Waals surface area contributed by atoms with Crippen LogP contribution in [0, 0.1) is 0 Å². The summed E-state index contributed by atoms with van der Waals surface area (Å²) in [7, 11) is -10.7. The van der Waals surface area contributed by atoms with Crippen molar-refractivity contribution in [3.63, 3.8) is 0 Å². The van der Waals surface area contributed by atoms with E-state index in [2.05, 4.69) is 30.5 Å². The highest BCUT2D eigenvalue weighted by Crippen LogP contribution is 2.49. The maximum Gasteiger partial charge on any atom is 0.472 e. The third-order valence-electron chi connectivity index (χ3n) is 10.8. The van der Waals surface area contributed by atoms with Gasteiger partial charge in [0.2, 0.25) is 0 Å². The molecule has 61 heavy (non-hydrogen) atoms. The first-order valence-corrected chi connectivity index (χ1v) is 26.3. The molecule has 1 aliphatic rings. The van der Waals surface area contributed by atoms with Gasteiger partial charge >= 0.3 is 27.6 Å². The summed E-state index contributed by atoms with van der Waals surface area (Å²) in [5, 5.41) is 41.2. The Hall–Kier alpha value is -1.26. The number of hydrogen-bond acceptors (Lipinski definition) is 13. The third kappa shape index (κ3) is 29.7. The lowest BCUT2D eigenvalue weighted by Gasteiger charge is -2.43. The minimum atomic E-state index is -5.36. The fourth-order valence-corrected chi connectivity index (χ4v) is 8.74. The number of hydrogen-bond donors (Lipinski definition) is 7. The number of phosphoric ester groups is 2. The first kappa shape index (κ1) is 57.8. The molecule has 1 rings (SSSR count).